The first-order valence-electron chi connectivity index (χ1n) is 7.87. The number of Topliss-reactive ketones (excluding diaryl/α,β-unsaturated/α-hetero) is 1. The third kappa shape index (κ3) is 5.13. The maximum Gasteiger partial charge on any atom is 0.176 e. The van der Waals surface area contributed by atoms with Gasteiger partial charge in [-0.2, -0.15) is 0 Å². The fourth-order valence-corrected chi connectivity index (χ4v) is 2.87. The van der Waals surface area contributed by atoms with Crippen LogP contribution in [-0.4, -0.2) is 36.4 Å². The topological polar surface area (TPSA) is 32.7 Å². The monoisotopic (exact) mass is 362 g/mol. The van der Waals surface area contributed by atoms with E-state index in [4.69, 9.17) is 0 Å². The molecule has 25 heavy (non-hydrogen) atoms. The number of carbonyl (C=O) groups excluding carboxylic acids is 1. The Bertz CT molecular complexity index is 793. The summed E-state index contributed by atoms with van der Waals surface area (Å²) < 4.78 is 27.9. The lowest BCUT2D eigenvalue weighted by Crippen LogP contribution is -2.14. The van der Waals surface area contributed by atoms with Gasteiger partial charge in [-0.3, -0.25) is 4.79 Å². The number of benzene rings is 2. The summed E-state index contributed by atoms with van der Waals surface area (Å²) in [7, 11) is 1.87. The van der Waals surface area contributed by atoms with Gasteiger partial charge in [-0.25, -0.2) is 13.8 Å². The van der Waals surface area contributed by atoms with Gasteiger partial charge < -0.3 is 4.90 Å². The Kier molecular flexibility index (Phi) is 6.70. The number of halogens is 2. The van der Waals surface area contributed by atoms with E-state index < -0.39 is 5.82 Å². The summed E-state index contributed by atoms with van der Waals surface area (Å²) in [6.07, 6.45) is 1.62. The van der Waals surface area contributed by atoms with Crippen molar-refractivity contribution in [2.45, 2.75) is 18.7 Å². The third-order valence-corrected chi connectivity index (χ3v) is 4.72. The van der Waals surface area contributed by atoms with Crippen LogP contribution in [0.4, 0.5) is 14.5 Å². The Morgan fingerprint density at radius 3 is 2.64 bits per heavy atom. The van der Waals surface area contributed by atoms with Crippen LogP contribution in [0.1, 0.15) is 22.8 Å². The molecule has 0 amide bonds. The average molecular weight is 362 g/mol. The number of hydrogen-bond acceptors (Lipinski definition) is 3. The zero-order valence-electron chi connectivity index (χ0n) is 14.4. The Balaban J connectivity index is 2.13. The van der Waals surface area contributed by atoms with Crippen molar-refractivity contribution in [3.63, 3.8) is 0 Å². The van der Waals surface area contributed by atoms with E-state index in [2.05, 4.69) is 4.99 Å². The maximum absolute atomic E-state index is 14.3. The molecule has 0 aromatic heterocycles. The molecular weight excluding hydrogens is 342 g/mol. The van der Waals surface area contributed by atoms with E-state index in [1.807, 2.05) is 18.9 Å². The van der Waals surface area contributed by atoms with Gasteiger partial charge in [0.15, 0.2) is 5.78 Å². The van der Waals surface area contributed by atoms with Crippen LogP contribution < -0.4 is 0 Å². The van der Waals surface area contributed by atoms with E-state index in [-0.39, 0.29) is 22.9 Å². The summed E-state index contributed by atoms with van der Waals surface area (Å²) in [4.78, 5) is 18.8. The lowest BCUT2D eigenvalue weighted by atomic mass is 10.1. The molecule has 2 aromatic carbocycles. The van der Waals surface area contributed by atoms with Gasteiger partial charge in [0, 0.05) is 24.6 Å². The van der Waals surface area contributed by atoms with Gasteiger partial charge in [-0.15, -0.1) is 11.8 Å². The highest BCUT2D eigenvalue weighted by Crippen LogP contribution is 2.26. The molecule has 3 nitrogen and oxygen atoms in total. The summed E-state index contributed by atoms with van der Waals surface area (Å²) in [6, 6.07) is 8.96. The first-order valence-corrected chi connectivity index (χ1v) is 8.86. The summed E-state index contributed by atoms with van der Waals surface area (Å²) in [5.41, 5.74) is 1.20. The second-order valence-electron chi connectivity index (χ2n) is 5.58. The van der Waals surface area contributed by atoms with Gasteiger partial charge in [0.2, 0.25) is 0 Å². The number of hydrogen-bond donors (Lipinski definition) is 0. The van der Waals surface area contributed by atoms with E-state index in [9.17, 15) is 13.6 Å². The van der Waals surface area contributed by atoms with Crippen LogP contribution in [0.15, 0.2) is 46.3 Å². The molecule has 2 aromatic rings. The number of aliphatic imine (C=N–C) groups is 1. The summed E-state index contributed by atoms with van der Waals surface area (Å²) in [5.74, 6) is -1.41. The lowest BCUT2D eigenvalue weighted by molar-refractivity contribution is 0.101. The van der Waals surface area contributed by atoms with E-state index >= 15 is 0 Å². The van der Waals surface area contributed by atoms with Crippen LogP contribution in [0.5, 0.6) is 0 Å². The third-order valence-electron chi connectivity index (χ3n) is 3.67. The highest BCUT2D eigenvalue weighted by molar-refractivity contribution is 8.00. The van der Waals surface area contributed by atoms with Crippen molar-refractivity contribution in [3.8, 4) is 0 Å². The second kappa shape index (κ2) is 8.76. The molecule has 0 bridgehead atoms. The minimum absolute atomic E-state index is 0.00383. The molecule has 0 heterocycles. The van der Waals surface area contributed by atoms with Crippen LogP contribution in [0.3, 0.4) is 0 Å². The minimum Gasteiger partial charge on any atom is -0.366 e. The van der Waals surface area contributed by atoms with E-state index in [1.165, 1.54) is 18.2 Å². The molecule has 0 radical (unpaired) electrons. The molecule has 132 valence electrons. The minimum atomic E-state index is -0.615. The summed E-state index contributed by atoms with van der Waals surface area (Å²) >= 11 is 1.06. The summed E-state index contributed by atoms with van der Waals surface area (Å²) in [5, 5.41) is 0. The molecule has 6 heteroatoms. The van der Waals surface area contributed by atoms with Crippen molar-refractivity contribution in [2.24, 2.45) is 4.99 Å². The van der Waals surface area contributed by atoms with Crippen molar-refractivity contribution in [2.75, 3.05) is 19.3 Å². The van der Waals surface area contributed by atoms with Crippen LogP contribution in [0, 0.1) is 18.6 Å². The standard InChI is InChI=1S/C19H20F2N2OS/c1-4-23(3)12-22-17-10-16(21)14(9-13(17)2)18(24)11-25-19-8-6-5-7-15(19)20/h5-10,12H,4,11H2,1-3H3. The number of nitrogens with zero attached hydrogens (tertiary/aromatic N) is 2. The Hall–Kier alpha value is -2.21. The number of rotatable bonds is 7. The van der Waals surface area contributed by atoms with Crippen molar-refractivity contribution >= 4 is 29.6 Å². The molecule has 0 spiro atoms. The second-order valence-corrected chi connectivity index (χ2v) is 6.60. The van der Waals surface area contributed by atoms with Crippen molar-refractivity contribution in [1.29, 1.82) is 0 Å². The van der Waals surface area contributed by atoms with Gasteiger partial charge in [0.1, 0.15) is 11.6 Å². The highest BCUT2D eigenvalue weighted by Gasteiger charge is 2.15. The normalized spacial score (nSPS) is 11.1. The predicted molar refractivity (Wildman–Crippen MR) is 99.0 cm³/mol. The molecule has 0 fully saturated rings. The maximum atomic E-state index is 14.3. The van der Waals surface area contributed by atoms with Gasteiger partial charge >= 0.3 is 0 Å². The Labute approximate surface area is 150 Å². The van der Waals surface area contributed by atoms with Gasteiger partial charge in [-0.05, 0) is 37.6 Å². The van der Waals surface area contributed by atoms with Gasteiger partial charge in [0.25, 0.3) is 0 Å². The molecule has 0 saturated carbocycles. The van der Waals surface area contributed by atoms with E-state index in [1.54, 1.807) is 31.5 Å². The molecule has 0 aliphatic carbocycles. The zero-order valence-corrected chi connectivity index (χ0v) is 15.2. The van der Waals surface area contributed by atoms with Crippen molar-refractivity contribution in [3.05, 3.63) is 59.2 Å². The largest absolute Gasteiger partial charge is 0.366 e. The number of thioether (sulfide) groups is 1. The van der Waals surface area contributed by atoms with Crippen molar-refractivity contribution in [1.82, 2.24) is 4.90 Å². The Morgan fingerprint density at radius 1 is 1.24 bits per heavy atom. The molecule has 2 rings (SSSR count). The first-order chi connectivity index (χ1) is 11.9. The lowest BCUT2D eigenvalue weighted by Gasteiger charge is -2.10. The predicted octanol–water partition coefficient (Wildman–Crippen LogP) is 4.86. The molecule has 0 saturated heterocycles. The van der Waals surface area contributed by atoms with E-state index in [0.29, 0.717) is 16.1 Å². The SMILES string of the molecule is CCN(C)C=Nc1cc(F)c(C(=O)CSc2ccccc2F)cc1C. The van der Waals surface area contributed by atoms with Crippen molar-refractivity contribution < 1.29 is 13.6 Å². The molecule has 0 N–H and O–H groups in total. The van der Waals surface area contributed by atoms with Gasteiger partial charge in [0.05, 0.1) is 23.3 Å². The first kappa shape index (κ1) is 19.1. The number of carbonyl (C=O) groups is 1. The molecule has 0 aliphatic heterocycles. The quantitative estimate of drug-likeness (QED) is 0.305. The van der Waals surface area contributed by atoms with E-state index in [0.717, 1.165) is 18.3 Å². The highest BCUT2D eigenvalue weighted by atomic mass is 32.2. The van der Waals surface area contributed by atoms with Crippen LogP contribution >= 0.6 is 11.8 Å². The number of ketones is 1. The van der Waals surface area contributed by atoms with Gasteiger partial charge in [-0.1, -0.05) is 12.1 Å². The molecule has 0 atom stereocenters. The van der Waals surface area contributed by atoms with Crippen LogP contribution in [0.2, 0.25) is 0 Å². The summed E-state index contributed by atoms with van der Waals surface area (Å²) in [6.45, 7) is 4.54. The average Bonchev–Trinajstić information content (AvgIpc) is 2.60. The fraction of sp³-hybridized carbons (Fsp3) is 0.263. The van der Waals surface area contributed by atoms with Crippen LogP contribution in [0.25, 0.3) is 0 Å². The number of aryl methyl sites for hydroxylation is 1. The Morgan fingerprint density at radius 2 is 1.96 bits per heavy atom. The molecule has 0 aliphatic rings. The van der Waals surface area contributed by atoms with Crippen LogP contribution in [-0.2, 0) is 0 Å². The smallest absolute Gasteiger partial charge is 0.176 e. The fourth-order valence-electron chi connectivity index (χ4n) is 2.05. The molecule has 0 unspecified atom stereocenters. The molecular formula is C19H20F2N2OS. The zero-order chi connectivity index (χ0) is 18.4.